The molecule has 6 heteroatoms. The first-order valence-electron chi connectivity index (χ1n) is 10.1. The third kappa shape index (κ3) is 6.01. The first-order chi connectivity index (χ1) is 13.2. The second-order valence-electron chi connectivity index (χ2n) is 7.75. The van der Waals surface area contributed by atoms with Crippen LogP contribution in [0.3, 0.4) is 0 Å². The van der Waals surface area contributed by atoms with Crippen molar-refractivity contribution in [2.24, 2.45) is 5.92 Å². The zero-order chi connectivity index (χ0) is 19.1. The molecule has 150 valence electrons. The lowest BCUT2D eigenvalue weighted by Gasteiger charge is -2.35. The van der Waals surface area contributed by atoms with Crippen LogP contribution >= 0.6 is 0 Å². The molecule has 1 saturated carbocycles. The molecule has 27 heavy (non-hydrogen) atoms. The minimum atomic E-state index is -0.439. The van der Waals surface area contributed by atoms with Gasteiger partial charge in [0.1, 0.15) is 0 Å². The van der Waals surface area contributed by atoms with Gasteiger partial charge >= 0.3 is 0 Å². The molecule has 0 spiro atoms. The molecular formula is C21H33N3O3. The minimum absolute atomic E-state index is 0.0407. The van der Waals surface area contributed by atoms with Gasteiger partial charge in [0, 0.05) is 58.8 Å². The van der Waals surface area contributed by atoms with Crippen LogP contribution in [-0.4, -0.2) is 79.4 Å². The number of ether oxygens (including phenoxy) is 1. The summed E-state index contributed by atoms with van der Waals surface area (Å²) in [5, 5.41) is 12.9. The second kappa shape index (κ2) is 10.2. The van der Waals surface area contributed by atoms with Crippen LogP contribution < -0.4 is 5.32 Å². The molecule has 0 radical (unpaired) electrons. The molecule has 0 bridgehead atoms. The van der Waals surface area contributed by atoms with Gasteiger partial charge in [0.05, 0.1) is 12.2 Å². The number of benzene rings is 1. The summed E-state index contributed by atoms with van der Waals surface area (Å²) in [6, 6.07) is 10.6. The largest absolute Gasteiger partial charge is 0.390 e. The molecule has 3 atom stereocenters. The second-order valence-corrected chi connectivity index (χ2v) is 7.75. The Morgan fingerprint density at radius 3 is 2.56 bits per heavy atom. The fraction of sp³-hybridized carbons (Fsp3) is 0.667. The van der Waals surface area contributed by atoms with Crippen LogP contribution in [-0.2, 0) is 16.1 Å². The molecule has 3 rings (SSSR count). The van der Waals surface area contributed by atoms with Gasteiger partial charge in [-0.15, -0.1) is 0 Å². The Bertz CT molecular complexity index is 575. The predicted octanol–water partition coefficient (Wildman–Crippen LogP) is 1.10. The lowest BCUT2D eigenvalue weighted by molar-refractivity contribution is -0.130. The number of nitrogens with zero attached hydrogens (tertiary/aromatic N) is 2. The number of carbonyl (C=O) groups is 1. The van der Waals surface area contributed by atoms with E-state index in [0.29, 0.717) is 19.4 Å². The molecule has 1 aliphatic carbocycles. The van der Waals surface area contributed by atoms with Crippen LogP contribution in [0.2, 0.25) is 0 Å². The van der Waals surface area contributed by atoms with Crippen molar-refractivity contribution in [1.82, 2.24) is 15.1 Å². The van der Waals surface area contributed by atoms with E-state index < -0.39 is 6.10 Å². The SMILES string of the molecule is CO[C@@H]1C[C@H](C(=O)NCCN2CCN(Cc3ccccc3)CC2)CC[C@@H]1O. The number of hydrogen-bond donors (Lipinski definition) is 2. The molecule has 0 unspecified atom stereocenters. The standard InChI is InChI=1S/C21H33N3O3/c1-27-20-15-18(7-8-19(20)25)21(26)22-9-10-23-11-13-24(14-12-23)16-17-5-3-2-4-6-17/h2-6,18-20,25H,7-16H2,1H3,(H,22,26)/t18-,19+,20-/m1/s1. The zero-order valence-corrected chi connectivity index (χ0v) is 16.3. The van der Waals surface area contributed by atoms with Crippen molar-refractivity contribution in [2.75, 3.05) is 46.4 Å². The zero-order valence-electron chi connectivity index (χ0n) is 16.3. The number of aliphatic hydroxyl groups is 1. The smallest absolute Gasteiger partial charge is 0.223 e. The van der Waals surface area contributed by atoms with E-state index in [9.17, 15) is 9.90 Å². The van der Waals surface area contributed by atoms with Gasteiger partial charge in [-0.25, -0.2) is 0 Å². The number of aliphatic hydroxyl groups excluding tert-OH is 1. The van der Waals surface area contributed by atoms with E-state index in [-0.39, 0.29) is 17.9 Å². The quantitative estimate of drug-likeness (QED) is 0.747. The van der Waals surface area contributed by atoms with E-state index in [2.05, 4.69) is 45.4 Å². The first kappa shape index (κ1) is 20.3. The number of carbonyl (C=O) groups excluding carboxylic acids is 1. The van der Waals surface area contributed by atoms with E-state index in [1.54, 1.807) is 7.11 Å². The van der Waals surface area contributed by atoms with E-state index in [0.717, 1.165) is 45.7 Å². The number of rotatable bonds is 7. The molecule has 1 heterocycles. The topological polar surface area (TPSA) is 65.0 Å². The molecule has 2 N–H and O–H groups in total. The van der Waals surface area contributed by atoms with E-state index in [1.807, 2.05) is 0 Å². The first-order valence-corrected chi connectivity index (χ1v) is 10.1. The van der Waals surface area contributed by atoms with Crippen molar-refractivity contribution in [2.45, 2.75) is 38.0 Å². The molecule has 1 aliphatic heterocycles. The van der Waals surface area contributed by atoms with Gasteiger partial charge in [0.15, 0.2) is 0 Å². The van der Waals surface area contributed by atoms with E-state index >= 15 is 0 Å². The molecule has 1 saturated heterocycles. The van der Waals surface area contributed by atoms with Crippen molar-refractivity contribution in [3.8, 4) is 0 Å². The Morgan fingerprint density at radius 2 is 1.85 bits per heavy atom. The summed E-state index contributed by atoms with van der Waals surface area (Å²) in [7, 11) is 1.60. The van der Waals surface area contributed by atoms with E-state index in [1.165, 1.54) is 5.56 Å². The van der Waals surface area contributed by atoms with Crippen LogP contribution in [0, 0.1) is 5.92 Å². The summed E-state index contributed by atoms with van der Waals surface area (Å²) in [5.41, 5.74) is 1.37. The van der Waals surface area contributed by atoms with Crippen molar-refractivity contribution in [1.29, 1.82) is 0 Å². The molecule has 2 fully saturated rings. The predicted molar refractivity (Wildman–Crippen MR) is 105 cm³/mol. The van der Waals surface area contributed by atoms with Crippen LogP contribution in [0.5, 0.6) is 0 Å². The summed E-state index contributed by atoms with van der Waals surface area (Å²) in [6.07, 6.45) is 1.34. The number of methoxy groups -OCH3 is 1. The highest BCUT2D eigenvalue weighted by Gasteiger charge is 2.32. The molecular weight excluding hydrogens is 342 g/mol. The van der Waals surface area contributed by atoms with Crippen LogP contribution in [0.1, 0.15) is 24.8 Å². The maximum atomic E-state index is 12.4. The van der Waals surface area contributed by atoms with Crippen molar-refractivity contribution >= 4 is 5.91 Å². The fourth-order valence-corrected chi connectivity index (χ4v) is 4.10. The van der Waals surface area contributed by atoms with Crippen molar-refractivity contribution < 1.29 is 14.6 Å². The highest BCUT2D eigenvalue weighted by Crippen LogP contribution is 2.26. The van der Waals surface area contributed by atoms with Gasteiger partial charge in [-0.05, 0) is 24.8 Å². The minimum Gasteiger partial charge on any atom is -0.390 e. The van der Waals surface area contributed by atoms with Gasteiger partial charge in [0.25, 0.3) is 0 Å². The molecule has 2 aliphatic rings. The van der Waals surface area contributed by atoms with Gasteiger partial charge in [-0.1, -0.05) is 30.3 Å². The third-order valence-corrected chi connectivity index (χ3v) is 5.87. The molecule has 6 nitrogen and oxygen atoms in total. The van der Waals surface area contributed by atoms with Crippen molar-refractivity contribution in [3.63, 3.8) is 0 Å². The maximum Gasteiger partial charge on any atom is 0.223 e. The Labute approximate surface area is 162 Å². The Morgan fingerprint density at radius 1 is 1.15 bits per heavy atom. The maximum absolute atomic E-state index is 12.4. The number of hydrogen-bond acceptors (Lipinski definition) is 5. The average Bonchev–Trinajstić information content (AvgIpc) is 2.70. The lowest BCUT2D eigenvalue weighted by atomic mass is 9.84. The summed E-state index contributed by atoms with van der Waals surface area (Å²) >= 11 is 0. The monoisotopic (exact) mass is 375 g/mol. The van der Waals surface area contributed by atoms with Gasteiger partial charge in [0.2, 0.25) is 5.91 Å². The Balaban J connectivity index is 1.31. The molecule has 1 aromatic rings. The number of piperazine rings is 1. The van der Waals surface area contributed by atoms with Crippen molar-refractivity contribution in [3.05, 3.63) is 35.9 Å². The lowest BCUT2D eigenvalue weighted by Crippen LogP contribution is -2.48. The summed E-state index contributed by atoms with van der Waals surface area (Å²) in [4.78, 5) is 17.3. The third-order valence-electron chi connectivity index (χ3n) is 5.87. The molecule has 0 aromatic heterocycles. The highest BCUT2D eigenvalue weighted by atomic mass is 16.5. The van der Waals surface area contributed by atoms with Crippen LogP contribution in [0.4, 0.5) is 0 Å². The summed E-state index contributed by atoms with van der Waals surface area (Å²) in [6.45, 7) is 6.83. The number of nitrogens with one attached hydrogen (secondary N) is 1. The molecule has 1 amide bonds. The normalized spacial score (nSPS) is 27.4. The summed E-state index contributed by atoms with van der Waals surface area (Å²) < 4.78 is 5.29. The van der Waals surface area contributed by atoms with Gasteiger partial charge < -0.3 is 15.2 Å². The average molecular weight is 376 g/mol. The molecule has 1 aromatic carbocycles. The summed E-state index contributed by atoms with van der Waals surface area (Å²) in [5.74, 6) is 0.0627. The van der Waals surface area contributed by atoms with Gasteiger partial charge in [-0.3, -0.25) is 14.6 Å². The Kier molecular flexibility index (Phi) is 7.64. The van der Waals surface area contributed by atoms with Crippen LogP contribution in [0.25, 0.3) is 0 Å². The highest BCUT2D eigenvalue weighted by molar-refractivity contribution is 5.78. The van der Waals surface area contributed by atoms with E-state index in [4.69, 9.17) is 4.74 Å². The Hall–Kier alpha value is -1.47. The number of amides is 1. The van der Waals surface area contributed by atoms with Gasteiger partial charge in [-0.2, -0.15) is 0 Å². The fourth-order valence-electron chi connectivity index (χ4n) is 4.10. The van der Waals surface area contributed by atoms with Crippen LogP contribution in [0.15, 0.2) is 30.3 Å².